The minimum Gasteiger partial charge on any atom is -0.463 e. The first-order chi connectivity index (χ1) is 19.6. The summed E-state index contributed by atoms with van der Waals surface area (Å²) in [5.41, 5.74) is 5.16. The van der Waals surface area contributed by atoms with Crippen LogP contribution in [0, 0.1) is 27.7 Å². The summed E-state index contributed by atoms with van der Waals surface area (Å²) in [4.78, 5) is 36.2. The Bertz CT molecular complexity index is 1520. The number of aryl methyl sites for hydroxylation is 3. The Labute approximate surface area is 245 Å². The zero-order valence-corrected chi connectivity index (χ0v) is 25.1. The fourth-order valence-electron chi connectivity index (χ4n) is 5.06. The number of benzene rings is 1. The third kappa shape index (κ3) is 6.69. The first-order valence-corrected chi connectivity index (χ1v) is 14.0. The molecular weight excluding hydrogens is 542 g/mol. The SMILES string of the molecule is CCOC(=O)C1=C(COCCn2c(C)nc(C)c2C)NC(C)=C(C(=O)Nc2cccc(C)n2)C1c1ccccc1Cl. The molecule has 1 aliphatic heterocycles. The molecule has 4 rings (SSSR count). The Morgan fingerprint density at radius 3 is 2.44 bits per heavy atom. The highest BCUT2D eigenvalue weighted by Crippen LogP contribution is 2.42. The number of aromatic nitrogens is 3. The Morgan fingerprint density at radius 2 is 1.78 bits per heavy atom. The maximum absolute atomic E-state index is 13.8. The van der Waals surface area contributed by atoms with Gasteiger partial charge in [-0.05, 0) is 65.3 Å². The van der Waals surface area contributed by atoms with Crippen LogP contribution in [0.2, 0.25) is 5.02 Å². The molecule has 3 heterocycles. The van der Waals surface area contributed by atoms with E-state index in [9.17, 15) is 9.59 Å². The second-order valence-corrected chi connectivity index (χ2v) is 10.3. The summed E-state index contributed by atoms with van der Waals surface area (Å²) in [7, 11) is 0. The minimum atomic E-state index is -0.798. The average molecular weight is 578 g/mol. The van der Waals surface area contributed by atoms with Crippen LogP contribution in [0.1, 0.15) is 48.2 Å². The second kappa shape index (κ2) is 13.1. The topological polar surface area (TPSA) is 107 Å². The number of rotatable bonds is 10. The molecule has 0 saturated heterocycles. The fourth-order valence-corrected chi connectivity index (χ4v) is 5.30. The van der Waals surface area contributed by atoms with Gasteiger partial charge in [0.1, 0.15) is 11.6 Å². The van der Waals surface area contributed by atoms with Gasteiger partial charge in [-0.3, -0.25) is 4.79 Å². The van der Waals surface area contributed by atoms with Crippen molar-refractivity contribution in [3.05, 3.63) is 98.5 Å². The molecule has 10 heteroatoms. The normalized spacial score (nSPS) is 15.1. The number of hydrogen-bond acceptors (Lipinski definition) is 7. The van der Waals surface area contributed by atoms with E-state index in [2.05, 4.69) is 25.2 Å². The van der Waals surface area contributed by atoms with Crippen LogP contribution in [0.15, 0.2) is 65.0 Å². The quantitative estimate of drug-likeness (QED) is 0.249. The second-order valence-electron chi connectivity index (χ2n) is 9.88. The third-order valence-electron chi connectivity index (χ3n) is 7.09. The number of carbonyl (C=O) groups is 2. The number of ether oxygens (including phenoxy) is 2. The fraction of sp³-hybridized carbons (Fsp3) is 0.355. The molecule has 216 valence electrons. The Kier molecular flexibility index (Phi) is 9.62. The minimum absolute atomic E-state index is 0.104. The number of pyridine rings is 1. The van der Waals surface area contributed by atoms with E-state index in [0.29, 0.717) is 46.5 Å². The van der Waals surface area contributed by atoms with E-state index in [-0.39, 0.29) is 18.8 Å². The number of halogens is 1. The zero-order chi connectivity index (χ0) is 29.7. The van der Waals surface area contributed by atoms with Crippen LogP contribution in [0.4, 0.5) is 5.82 Å². The monoisotopic (exact) mass is 577 g/mol. The van der Waals surface area contributed by atoms with Gasteiger partial charge in [-0.15, -0.1) is 0 Å². The standard InChI is InChI=1S/C31H36ClN5O4/c1-7-41-31(39)29-25(17-40-16-15-37-21(5)19(3)34-22(37)6)35-20(4)27(28(29)23-12-8-9-13-24(23)32)30(38)36-26-14-10-11-18(2)33-26/h8-14,28,35H,7,15-17H2,1-6H3,(H,33,36,38). The summed E-state index contributed by atoms with van der Waals surface area (Å²) in [6.07, 6.45) is 0. The van der Waals surface area contributed by atoms with Crippen molar-refractivity contribution in [3.63, 3.8) is 0 Å². The number of esters is 1. The van der Waals surface area contributed by atoms with Crippen molar-refractivity contribution in [2.45, 2.75) is 54.0 Å². The van der Waals surface area contributed by atoms with Gasteiger partial charge >= 0.3 is 5.97 Å². The maximum Gasteiger partial charge on any atom is 0.336 e. The van der Waals surface area contributed by atoms with E-state index in [4.69, 9.17) is 21.1 Å². The van der Waals surface area contributed by atoms with Crippen LogP contribution in [0.3, 0.4) is 0 Å². The van der Waals surface area contributed by atoms with Gasteiger partial charge in [-0.2, -0.15) is 0 Å². The Hall–Kier alpha value is -3.95. The average Bonchev–Trinajstić information content (AvgIpc) is 3.16. The van der Waals surface area contributed by atoms with Gasteiger partial charge in [0, 0.05) is 34.2 Å². The Balaban J connectivity index is 1.70. The van der Waals surface area contributed by atoms with Gasteiger partial charge in [-0.1, -0.05) is 35.9 Å². The molecule has 0 bridgehead atoms. The number of hydrogen-bond donors (Lipinski definition) is 2. The number of dihydropyridines is 1. The third-order valence-corrected chi connectivity index (χ3v) is 7.43. The van der Waals surface area contributed by atoms with E-state index < -0.39 is 17.8 Å². The number of anilines is 1. The van der Waals surface area contributed by atoms with Crippen molar-refractivity contribution in [1.29, 1.82) is 0 Å². The van der Waals surface area contributed by atoms with Gasteiger partial charge in [0.05, 0.1) is 42.7 Å². The largest absolute Gasteiger partial charge is 0.463 e. The van der Waals surface area contributed by atoms with E-state index in [1.807, 2.05) is 52.0 Å². The maximum atomic E-state index is 13.8. The first-order valence-electron chi connectivity index (χ1n) is 13.6. The molecule has 1 unspecified atom stereocenters. The van der Waals surface area contributed by atoms with Gasteiger partial charge < -0.3 is 24.7 Å². The highest BCUT2D eigenvalue weighted by atomic mass is 35.5. The lowest BCUT2D eigenvalue weighted by molar-refractivity contribution is -0.138. The molecule has 0 radical (unpaired) electrons. The summed E-state index contributed by atoms with van der Waals surface area (Å²) in [5, 5.41) is 6.58. The van der Waals surface area contributed by atoms with Crippen LogP contribution in [0.5, 0.6) is 0 Å². The van der Waals surface area contributed by atoms with Crippen molar-refractivity contribution in [3.8, 4) is 0 Å². The Morgan fingerprint density at radius 1 is 1.02 bits per heavy atom. The summed E-state index contributed by atoms with van der Waals surface area (Å²) in [5.74, 6) is -0.423. The molecule has 1 amide bonds. The molecule has 2 N–H and O–H groups in total. The molecule has 0 aliphatic carbocycles. The molecule has 9 nitrogen and oxygen atoms in total. The van der Waals surface area contributed by atoms with Crippen molar-refractivity contribution in [2.24, 2.45) is 0 Å². The van der Waals surface area contributed by atoms with E-state index in [1.165, 1.54) is 0 Å². The molecule has 2 aromatic heterocycles. The number of amides is 1. The van der Waals surface area contributed by atoms with E-state index in [1.54, 1.807) is 32.0 Å². The summed E-state index contributed by atoms with van der Waals surface area (Å²) < 4.78 is 13.7. The molecule has 3 aromatic rings. The van der Waals surface area contributed by atoms with Crippen molar-refractivity contribution < 1.29 is 19.1 Å². The molecule has 0 saturated carbocycles. The molecule has 0 spiro atoms. The summed E-state index contributed by atoms with van der Waals surface area (Å²) >= 11 is 6.68. The lowest BCUT2D eigenvalue weighted by Crippen LogP contribution is -2.36. The van der Waals surface area contributed by atoms with E-state index in [0.717, 1.165) is 22.9 Å². The predicted octanol–water partition coefficient (Wildman–Crippen LogP) is 5.30. The highest BCUT2D eigenvalue weighted by Gasteiger charge is 2.39. The lowest BCUT2D eigenvalue weighted by atomic mass is 9.79. The summed E-state index contributed by atoms with van der Waals surface area (Å²) in [6.45, 7) is 12.6. The number of carbonyl (C=O) groups excluding carboxylic acids is 2. The van der Waals surface area contributed by atoms with Crippen LogP contribution >= 0.6 is 11.6 Å². The van der Waals surface area contributed by atoms with Crippen LogP contribution in [-0.4, -0.2) is 46.2 Å². The molecule has 41 heavy (non-hydrogen) atoms. The molecular formula is C31H36ClN5O4. The van der Waals surface area contributed by atoms with Gasteiger partial charge in [0.15, 0.2) is 0 Å². The molecule has 0 fully saturated rings. The van der Waals surface area contributed by atoms with Gasteiger partial charge in [0.2, 0.25) is 0 Å². The summed E-state index contributed by atoms with van der Waals surface area (Å²) in [6, 6.07) is 12.6. The van der Waals surface area contributed by atoms with Crippen LogP contribution in [0.25, 0.3) is 0 Å². The number of nitrogens with one attached hydrogen (secondary N) is 2. The molecule has 1 atom stereocenters. The lowest BCUT2D eigenvalue weighted by Gasteiger charge is -2.32. The van der Waals surface area contributed by atoms with Gasteiger partial charge in [0.25, 0.3) is 5.91 Å². The van der Waals surface area contributed by atoms with Crippen molar-refractivity contribution in [1.82, 2.24) is 19.9 Å². The number of allylic oxidation sites excluding steroid dienone is 1. The zero-order valence-electron chi connectivity index (χ0n) is 24.3. The van der Waals surface area contributed by atoms with Crippen LogP contribution < -0.4 is 10.6 Å². The van der Waals surface area contributed by atoms with Gasteiger partial charge in [-0.25, -0.2) is 14.8 Å². The first kappa shape index (κ1) is 30.0. The molecule has 1 aliphatic rings. The van der Waals surface area contributed by atoms with E-state index >= 15 is 0 Å². The van der Waals surface area contributed by atoms with Crippen LogP contribution in [-0.2, 0) is 25.6 Å². The smallest absolute Gasteiger partial charge is 0.336 e. The highest BCUT2D eigenvalue weighted by molar-refractivity contribution is 6.31. The predicted molar refractivity (Wildman–Crippen MR) is 159 cm³/mol. The van der Waals surface area contributed by atoms with Crippen molar-refractivity contribution in [2.75, 3.05) is 25.1 Å². The molecule has 1 aromatic carbocycles. The van der Waals surface area contributed by atoms with Crippen molar-refractivity contribution >= 4 is 29.3 Å². The number of nitrogens with zero attached hydrogens (tertiary/aromatic N) is 3. The number of imidazole rings is 1.